The van der Waals surface area contributed by atoms with Gasteiger partial charge in [0, 0.05) is 29.7 Å². The van der Waals surface area contributed by atoms with E-state index in [1.54, 1.807) is 6.07 Å². The Morgan fingerprint density at radius 1 is 1.35 bits per heavy atom. The van der Waals surface area contributed by atoms with Gasteiger partial charge in [-0.25, -0.2) is 0 Å². The SMILES string of the molecule is C[C@@H]1CN(Cc2cc(Br)ccc2O)C[C@H](C)O1. The second-order valence-corrected chi connectivity index (χ2v) is 5.64. The van der Waals surface area contributed by atoms with Crippen LogP contribution in [-0.2, 0) is 11.3 Å². The molecular weight excluding hydrogens is 282 g/mol. The fourth-order valence-electron chi connectivity index (χ4n) is 2.34. The molecule has 1 fully saturated rings. The highest BCUT2D eigenvalue weighted by atomic mass is 79.9. The number of phenolic OH excluding ortho intramolecular Hbond substituents is 1. The van der Waals surface area contributed by atoms with Crippen molar-refractivity contribution in [2.45, 2.75) is 32.6 Å². The summed E-state index contributed by atoms with van der Waals surface area (Å²) in [5, 5.41) is 9.82. The van der Waals surface area contributed by atoms with Gasteiger partial charge in [0.1, 0.15) is 5.75 Å². The van der Waals surface area contributed by atoms with E-state index >= 15 is 0 Å². The molecule has 0 bridgehead atoms. The van der Waals surface area contributed by atoms with Crippen LogP contribution in [0, 0.1) is 0 Å². The summed E-state index contributed by atoms with van der Waals surface area (Å²) < 4.78 is 6.69. The number of hydrogen-bond acceptors (Lipinski definition) is 3. The van der Waals surface area contributed by atoms with E-state index in [1.807, 2.05) is 12.1 Å². The number of phenols is 1. The standard InChI is InChI=1S/C13H18BrNO2/c1-9-6-15(7-10(2)17-9)8-11-5-12(14)3-4-13(11)16/h3-5,9-10,16H,6-8H2,1-2H3/t9-,10+. The lowest BCUT2D eigenvalue weighted by Gasteiger charge is -2.35. The smallest absolute Gasteiger partial charge is 0.120 e. The van der Waals surface area contributed by atoms with E-state index in [9.17, 15) is 5.11 Å². The van der Waals surface area contributed by atoms with Gasteiger partial charge in [-0.1, -0.05) is 15.9 Å². The lowest BCUT2D eigenvalue weighted by molar-refractivity contribution is -0.0706. The van der Waals surface area contributed by atoms with Crippen molar-refractivity contribution in [2.75, 3.05) is 13.1 Å². The number of rotatable bonds is 2. The highest BCUT2D eigenvalue weighted by Crippen LogP contribution is 2.24. The summed E-state index contributed by atoms with van der Waals surface area (Å²) in [6.45, 7) is 6.77. The minimum Gasteiger partial charge on any atom is -0.508 e. The van der Waals surface area contributed by atoms with Crippen LogP contribution in [0.1, 0.15) is 19.4 Å². The molecule has 3 nitrogen and oxygen atoms in total. The van der Waals surface area contributed by atoms with Crippen molar-refractivity contribution < 1.29 is 9.84 Å². The van der Waals surface area contributed by atoms with Crippen molar-refractivity contribution in [2.24, 2.45) is 0 Å². The molecule has 0 saturated carbocycles. The van der Waals surface area contributed by atoms with Gasteiger partial charge in [0.15, 0.2) is 0 Å². The second kappa shape index (κ2) is 5.38. The van der Waals surface area contributed by atoms with Crippen LogP contribution < -0.4 is 0 Å². The Labute approximate surface area is 111 Å². The van der Waals surface area contributed by atoms with Crippen LogP contribution in [0.5, 0.6) is 5.75 Å². The average Bonchev–Trinajstić information content (AvgIpc) is 2.22. The van der Waals surface area contributed by atoms with E-state index < -0.39 is 0 Å². The number of nitrogens with zero attached hydrogens (tertiary/aromatic N) is 1. The van der Waals surface area contributed by atoms with E-state index in [-0.39, 0.29) is 12.2 Å². The fourth-order valence-corrected chi connectivity index (χ4v) is 2.74. The van der Waals surface area contributed by atoms with E-state index in [0.29, 0.717) is 5.75 Å². The molecular formula is C13H18BrNO2. The summed E-state index contributed by atoms with van der Waals surface area (Å²) in [6, 6.07) is 5.55. The minimum atomic E-state index is 0.257. The largest absolute Gasteiger partial charge is 0.508 e. The molecule has 1 aliphatic heterocycles. The van der Waals surface area contributed by atoms with Crippen molar-refractivity contribution in [3.8, 4) is 5.75 Å². The molecule has 0 radical (unpaired) electrons. The first-order chi connectivity index (χ1) is 8.04. The minimum absolute atomic E-state index is 0.257. The van der Waals surface area contributed by atoms with Gasteiger partial charge >= 0.3 is 0 Å². The molecule has 4 heteroatoms. The zero-order valence-corrected chi connectivity index (χ0v) is 11.8. The van der Waals surface area contributed by atoms with Gasteiger partial charge in [-0.15, -0.1) is 0 Å². The third-order valence-electron chi connectivity index (χ3n) is 2.93. The zero-order chi connectivity index (χ0) is 12.4. The number of aromatic hydroxyl groups is 1. The summed E-state index contributed by atoms with van der Waals surface area (Å²) in [4.78, 5) is 2.32. The third kappa shape index (κ3) is 3.44. The summed E-state index contributed by atoms with van der Waals surface area (Å²) in [6.07, 6.45) is 0.515. The summed E-state index contributed by atoms with van der Waals surface area (Å²) >= 11 is 3.43. The molecule has 0 unspecified atom stereocenters. The van der Waals surface area contributed by atoms with Crippen molar-refractivity contribution in [3.05, 3.63) is 28.2 Å². The first-order valence-corrected chi connectivity index (χ1v) is 6.69. The normalized spacial score (nSPS) is 26.1. The Balaban J connectivity index is 2.07. The van der Waals surface area contributed by atoms with Gasteiger partial charge in [-0.05, 0) is 32.0 Å². The molecule has 1 saturated heterocycles. The first-order valence-electron chi connectivity index (χ1n) is 5.90. The van der Waals surface area contributed by atoms with Crippen molar-refractivity contribution in [1.29, 1.82) is 0 Å². The second-order valence-electron chi connectivity index (χ2n) is 4.72. The molecule has 1 aliphatic rings. The molecule has 0 aromatic heterocycles. The molecule has 0 aliphatic carbocycles. The molecule has 1 heterocycles. The molecule has 1 aromatic carbocycles. The Bertz CT molecular complexity index is 387. The molecule has 1 aromatic rings. The Morgan fingerprint density at radius 3 is 2.65 bits per heavy atom. The van der Waals surface area contributed by atoms with Crippen LogP contribution in [0.25, 0.3) is 0 Å². The van der Waals surface area contributed by atoms with Crippen molar-refractivity contribution >= 4 is 15.9 Å². The van der Waals surface area contributed by atoms with Crippen molar-refractivity contribution in [1.82, 2.24) is 4.90 Å². The van der Waals surface area contributed by atoms with Crippen LogP contribution >= 0.6 is 15.9 Å². The maximum absolute atomic E-state index is 9.82. The first kappa shape index (κ1) is 12.9. The van der Waals surface area contributed by atoms with Gasteiger partial charge < -0.3 is 9.84 Å². The topological polar surface area (TPSA) is 32.7 Å². The molecule has 2 atom stereocenters. The monoisotopic (exact) mass is 299 g/mol. The van der Waals surface area contributed by atoms with Crippen LogP contribution in [0.2, 0.25) is 0 Å². The van der Waals surface area contributed by atoms with Gasteiger partial charge in [-0.3, -0.25) is 4.90 Å². The average molecular weight is 300 g/mol. The molecule has 0 amide bonds. The summed E-state index contributed by atoms with van der Waals surface area (Å²) in [5.41, 5.74) is 0.959. The maximum atomic E-state index is 9.82. The van der Waals surface area contributed by atoms with Crippen LogP contribution in [0.15, 0.2) is 22.7 Å². The highest BCUT2D eigenvalue weighted by molar-refractivity contribution is 9.10. The predicted octanol–water partition coefficient (Wildman–Crippen LogP) is 2.76. The number of morpholine rings is 1. The van der Waals surface area contributed by atoms with Gasteiger partial charge in [0.25, 0.3) is 0 Å². The lowest BCUT2D eigenvalue weighted by atomic mass is 10.1. The fraction of sp³-hybridized carbons (Fsp3) is 0.538. The summed E-state index contributed by atoms with van der Waals surface area (Å²) in [5.74, 6) is 0.361. The quantitative estimate of drug-likeness (QED) is 0.911. The number of hydrogen-bond donors (Lipinski definition) is 1. The number of ether oxygens (including phenoxy) is 1. The van der Waals surface area contributed by atoms with Gasteiger partial charge in [0.2, 0.25) is 0 Å². The third-order valence-corrected chi connectivity index (χ3v) is 3.42. The Morgan fingerprint density at radius 2 is 2.00 bits per heavy atom. The van der Waals surface area contributed by atoms with Crippen LogP contribution in [0.3, 0.4) is 0 Å². The Kier molecular flexibility index (Phi) is 4.07. The van der Waals surface area contributed by atoms with Crippen LogP contribution in [-0.4, -0.2) is 35.3 Å². The van der Waals surface area contributed by atoms with E-state index in [4.69, 9.17) is 4.74 Å². The number of benzene rings is 1. The van der Waals surface area contributed by atoms with Crippen molar-refractivity contribution in [3.63, 3.8) is 0 Å². The maximum Gasteiger partial charge on any atom is 0.120 e. The molecule has 94 valence electrons. The summed E-state index contributed by atoms with van der Waals surface area (Å²) in [7, 11) is 0. The molecule has 2 rings (SSSR count). The molecule has 0 spiro atoms. The van der Waals surface area contributed by atoms with E-state index in [2.05, 4.69) is 34.7 Å². The van der Waals surface area contributed by atoms with E-state index in [0.717, 1.165) is 29.7 Å². The Hall–Kier alpha value is -0.580. The van der Waals surface area contributed by atoms with Gasteiger partial charge in [-0.2, -0.15) is 0 Å². The zero-order valence-electron chi connectivity index (χ0n) is 10.2. The number of halogens is 1. The highest BCUT2D eigenvalue weighted by Gasteiger charge is 2.22. The predicted molar refractivity (Wildman–Crippen MR) is 71.1 cm³/mol. The lowest BCUT2D eigenvalue weighted by Crippen LogP contribution is -2.44. The molecule has 1 N–H and O–H groups in total. The molecule has 17 heavy (non-hydrogen) atoms. The van der Waals surface area contributed by atoms with Crippen LogP contribution in [0.4, 0.5) is 0 Å². The van der Waals surface area contributed by atoms with E-state index in [1.165, 1.54) is 0 Å². The van der Waals surface area contributed by atoms with Gasteiger partial charge in [0.05, 0.1) is 12.2 Å².